The maximum absolute atomic E-state index is 8.72. The van der Waals surface area contributed by atoms with E-state index in [-0.39, 0.29) is 6.61 Å². The summed E-state index contributed by atoms with van der Waals surface area (Å²) in [5.74, 6) is 0.977. The molecule has 0 spiro atoms. The van der Waals surface area contributed by atoms with Crippen molar-refractivity contribution in [2.75, 3.05) is 19.8 Å². The van der Waals surface area contributed by atoms with Crippen molar-refractivity contribution in [1.29, 1.82) is 0 Å². The first kappa shape index (κ1) is 15.0. The number of benzene rings is 1. The standard InChI is InChI=1S/C15H25NO2/c1-2-3-6-12-18-15-9-5-4-8-14(15)13-16-10-7-11-17/h4-5,8-9,16-17H,2-3,6-7,10-13H2,1H3. The monoisotopic (exact) mass is 251 g/mol. The van der Waals surface area contributed by atoms with Gasteiger partial charge in [-0.15, -0.1) is 0 Å². The Kier molecular flexibility index (Phi) is 8.26. The van der Waals surface area contributed by atoms with Crippen molar-refractivity contribution in [3.05, 3.63) is 29.8 Å². The van der Waals surface area contributed by atoms with E-state index in [4.69, 9.17) is 9.84 Å². The highest BCUT2D eigenvalue weighted by Gasteiger charge is 2.02. The van der Waals surface area contributed by atoms with Crippen molar-refractivity contribution in [2.24, 2.45) is 0 Å². The largest absolute Gasteiger partial charge is 0.493 e. The molecule has 1 rings (SSSR count). The van der Waals surface area contributed by atoms with Gasteiger partial charge in [0.15, 0.2) is 0 Å². The van der Waals surface area contributed by atoms with E-state index in [1.165, 1.54) is 18.4 Å². The van der Waals surface area contributed by atoms with E-state index in [0.29, 0.717) is 0 Å². The Morgan fingerprint density at radius 2 is 2.00 bits per heavy atom. The van der Waals surface area contributed by atoms with Crippen LogP contribution in [0.15, 0.2) is 24.3 Å². The molecule has 0 fully saturated rings. The topological polar surface area (TPSA) is 41.5 Å². The van der Waals surface area contributed by atoms with Gasteiger partial charge in [0.25, 0.3) is 0 Å². The van der Waals surface area contributed by atoms with Crippen LogP contribution in [0.4, 0.5) is 0 Å². The molecule has 1 aromatic rings. The van der Waals surface area contributed by atoms with Crippen LogP contribution in [0.5, 0.6) is 5.75 Å². The molecule has 0 saturated heterocycles. The van der Waals surface area contributed by atoms with Crippen LogP contribution in [-0.4, -0.2) is 24.9 Å². The summed E-state index contributed by atoms with van der Waals surface area (Å²) in [6, 6.07) is 8.14. The molecule has 0 atom stereocenters. The van der Waals surface area contributed by atoms with E-state index in [1.807, 2.05) is 18.2 Å². The number of hydrogen-bond acceptors (Lipinski definition) is 3. The number of aliphatic hydroxyl groups excluding tert-OH is 1. The molecule has 1 aromatic carbocycles. The Morgan fingerprint density at radius 3 is 2.78 bits per heavy atom. The molecular formula is C15H25NO2. The van der Waals surface area contributed by atoms with Crippen LogP contribution in [0.1, 0.15) is 38.2 Å². The average molecular weight is 251 g/mol. The molecule has 0 saturated carbocycles. The average Bonchev–Trinajstić information content (AvgIpc) is 2.41. The zero-order valence-electron chi connectivity index (χ0n) is 11.3. The van der Waals surface area contributed by atoms with E-state index >= 15 is 0 Å². The molecule has 102 valence electrons. The van der Waals surface area contributed by atoms with Gasteiger partial charge in [0.1, 0.15) is 5.75 Å². The highest BCUT2D eigenvalue weighted by atomic mass is 16.5. The van der Waals surface area contributed by atoms with Gasteiger partial charge in [0, 0.05) is 18.7 Å². The summed E-state index contributed by atoms with van der Waals surface area (Å²) in [4.78, 5) is 0. The number of unbranched alkanes of at least 4 members (excludes halogenated alkanes) is 2. The second kappa shape index (κ2) is 9.92. The fraction of sp³-hybridized carbons (Fsp3) is 0.600. The minimum absolute atomic E-state index is 0.238. The molecule has 3 heteroatoms. The molecule has 0 aromatic heterocycles. The van der Waals surface area contributed by atoms with Crippen LogP contribution in [0, 0.1) is 0 Å². The van der Waals surface area contributed by atoms with Crippen LogP contribution in [-0.2, 0) is 6.54 Å². The summed E-state index contributed by atoms with van der Waals surface area (Å²) < 4.78 is 5.81. The van der Waals surface area contributed by atoms with Gasteiger partial charge in [0.2, 0.25) is 0 Å². The second-order valence-corrected chi connectivity index (χ2v) is 4.42. The molecule has 0 aliphatic heterocycles. The van der Waals surface area contributed by atoms with E-state index in [0.717, 1.165) is 38.3 Å². The van der Waals surface area contributed by atoms with Crippen LogP contribution in [0.3, 0.4) is 0 Å². The summed E-state index contributed by atoms with van der Waals surface area (Å²) in [7, 11) is 0. The molecule has 2 N–H and O–H groups in total. The zero-order chi connectivity index (χ0) is 13.1. The number of nitrogens with one attached hydrogen (secondary N) is 1. The molecule has 0 heterocycles. The molecule has 18 heavy (non-hydrogen) atoms. The van der Waals surface area contributed by atoms with Crippen molar-refractivity contribution >= 4 is 0 Å². The van der Waals surface area contributed by atoms with Gasteiger partial charge < -0.3 is 15.2 Å². The Balaban J connectivity index is 2.36. The van der Waals surface area contributed by atoms with Crippen molar-refractivity contribution < 1.29 is 9.84 Å². The molecule has 0 bridgehead atoms. The summed E-state index contributed by atoms with van der Waals surface area (Å²) in [5, 5.41) is 12.0. The number of rotatable bonds is 10. The number of hydrogen-bond donors (Lipinski definition) is 2. The summed E-state index contributed by atoms with van der Waals surface area (Å²) >= 11 is 0. The lowest BCUT2D eigenvalue weighted by molar-refractivity contribution is 0.285. The van der Waals surface area contributed by atoms with Crippen LogP contribution in [0.25, 0.3) is 0 Å². The van der Waals surface area contributed by atoms with E-state index < -0.39 is 0 Å². The van der Waals surface area contributed by atoms with Gasteiger partial charge in [0.05, 0.1) is 6.61 Å². The second-order valence-electron chi connectivity index (χ2n) is 4.42. The summed E-state index contributed by atoms with van der Waals surface area (Å²) in [6.07, 6.45) is 4.34. The van der Waals surface area contributed by atoms with Crippen LogP contribution < -0.4 is 10.1 Å². The molecule has 0 radical (unpaired) electrons. The van der Waals surface area contributed by atoms with Gasteiger partial charge >= 0.3 is 0 Å². The third kappa shape index (κ3) is 6.03. The minimum atomic E-state index is 0.238. The van der Waals surface area contributed by atoms with E-state index in [9.17, 15) is 0 Å². The molecular weight excluding hydrogens is 226 g/mol. The van der Waals surface area contributed by atoms with Gasteiger partial charge in [-0.25, -0.2) is 0 Å². The smallest absolute Gasteiger partial charge is 0.123 e. The third-order valence-electron chi connectivity index (χ3n) is 2.81. The highest BCUT2D eigenvalue weighted by Crippen LogP contribution is 2.18. The van der Waals surface area contributed by atoms with Crippen LogP contribution in [0.2, 0.25) is 0 Å². The van der Waals surface area contributed by atoms with Crippen molar-refractivity contribution in [3.63, 3.8) is 0 Å². The van der Waals surface area contributed by atoms with Gasteiger partial charge in [-0.3, -0.25) is 0 Å². The Morgan fingerprint density at radius 1 is 1.17 bits per heavy atom. The Bertz CT molecular complexity index is 284. The predicted octanol–water partition coefficient (Wildman–Crippen LogP) is 2.73. The number of aliphatic hydroxyl groups is 1. The first-order valence-electron chi connectivity index (χ1n) is 6.90. The number of ether oxygens (including phenoxy) is 1. The van der Waals surface area contributed by atoms with Crippen molar-refractivity contribution in [1.82, 2.24) is 5.32 Å². The van der Waals surface area contributed by atoms with Gasteiger partial charge in [-0.05, 0) is 25.5 Å². The van der Waals surface area contributed by atoms with E-state index in [2.05, 4.69) is 18.3 Å². The first-order chi connectivity index (χ1) is 8.88. The quantitative estimate of drug-likeness (QED) is 0.628. The Labute approximate surface area is 110 Å². The first-order valence-corrected chi connectivity index (χ1v) is 6.90. The molecule has 0 amide bonds. The lowest BCUT2D eigenvalue weighted by atomic mass is 10.2. The van der Waals surface area contributed by atoms with Crippen molar-refractivity contribution in [2.45, 2.75) is 39.2 Å². The molecule has 0 aliphatic carbocycles. The highest BCUT2D eigenvalue weighted by molar-refractivity contribution is 5.33. The summed E-state index contributed by atoms with van der Waals surface area (Å²) in [5.41, 5.74) is 1.19. The number of para-hydroxylation sites is 1. The molecule has 0 aliphatic rings. The minimum Gasteiger partial charge on any atom is -0.493 e. The predicted molar refractivity (Wildman–Crippen MR) is 74.9 cm³/mol. The van der Waals surface area contributed by atoms with E-state index in [1.54, 1.807) is 0 Å². The van der Waals surface area contributed by atoms with Gasteiger partial charge in [-0.1, -0.05) is 38.0 Å². The fourth-order valence-corrected chi connectivity index (χ4v) is 1.75. The van der Waals surface area contributed by atoms with Gasteiger partial charge in [-0.2, -0.15) is 0 Å². The molecule has 0 unspecified atom stereocenters. The lowest BCUT2D eigenvalue weighted by Crippen LogP contribution is -2.16. The maximum Gasteiger partial charge on any atom is 0.123 e. The third-order valence-corrected chi connectivity index (χ3v) is 2.81. The zero-order valence-corrected chi connectivity index (χ0v) is 11.3. The molecule has 3 nitrogen and oxygen atoms in total. The SMILES string of the molecule is CCCCCOc1ccccc1CNCCCO. The fourth-order valence-electron chi connectivity index (χ4n) is 1.75. The summed E-state index contributed by atoms with van der Waals surface area (Å²) in [6.45, 7) is 4.85. The van der Waals surface area contributed by atoms with Crippen molar-refractivity contribution in [3.8, 4) is 5.75 Å². The Hall–Kier alpha value is -1.06. The normalized spacial score (nSPS) is 10.6. The van der Waals surface area contributed by atoms with Crippen LogP contribution >= 0.6 is 0 Å². The lowest BCUT2D eigenvalue weighted by Gasteiger charge is -2.11. The maximum atomic E-state index is 8.72.